The molecule has 1 saturated carbocycles. The average Bonchev–Trinajstić information content (AvgIpc) is 2.67. The lowest BCUT2D eigenvalue weighted by atomic mass is 9.91. The number of anilines is 1. The van der Waals surface area contributed by atoms with Gasteiger partial charge in [-0.1, -0.05) is 25.7 Å². The number of aromatic nitrogens is 2. The Bertz CT molecular complexity index is 628. The zero-order valence-corrected chi connectivity index (χ0v) is 11.8. The number of nitrogen functional groups attached to an aromatic ring is 1. The molecular formula is C16H19F2N3. The van der Waals surface area contributed by atoms with E-state index in [4.69, 9.17) is 5.73 Å². The van der Waals surface area contributed by atoms with Crippen LogP contribution < -0.4 is 5.73 Å². The first-order chi connectivity index (χ1) is 10.2. The van der Waals surface area contributed by atoms with Crippen LogP contribution in [0.25, 0.3) is 11.1 Å². The standard InChI is InChI=1S/C16H19F2N3/c17-11-7-8-12(13(18)9-11)14-15(20-21-16(14)19)10-5-3-1-2-4-6-10/h7-10H,1-6H2,(H3,19,20,21). The Hall–Kier alpha value is -1.91. The van der Waals surface area contributed by atoms with Crippen LogP contribution in [0.5, 0.6) is 0 Å². The second kappa shape index (κ2) is 5.84. The second-order valence-electron chi connectivity index (χ2n) is 5.71. The molecule has 3 N–H and O–H groups in total. The summed E-state index contributed by atoms with van der Waals surface area (Å²) in [6, 6.07) is 3.58. The number of hydrogen-bond acceptors (Lipinski definition) is 2. The molecule has 1 aliphatic carbocycles. The average molecular weight is 291 g/mol. The molecule has 3 nitrogen and oxygen atoms in total. The molecule has 1 aromatic carbocycles. The lowest BCUT2D eigenvalue weighted by molar-refractivity contribution is 0.574. The zero-order chi connectivity index (χ0) is 14.8. The zero-order valence-electron chi connectivity index (χ0n) is 11.8. The third-order valence-corrected chi connectivity index (χ3v) is 4.29. The van der Waals surface area contributed by atoms with Gasteiger partial charge in [0.1, 0.15) is 11.6 Å². The van der Waals surface area contributed by atoms with E-state index in [0.29, 0.717) is 17.0 Å². The summed E-state index contributed by atoms with van der Waals surface area (Å²) < 4.78 is 27.2. The molecule has 0 spiro atoms. The molecular weight excluding hydrogens is 272 g/mol. The van der Waals surface area contributed by atoms with Crippen LogP contribution in [-0.4, -0.2) is 10.2 Å². The molecule has 1 heterocycles. The number of rotatable bonds is 2. The van der Waals surface area contributed by atoms with Crippen LogP contribution in [0.4, 0.5) is 14.6 Å². The van der Waals surface area contributed by atoms with E-state index in [2.05, 4.69) is 10.2 Å². The quantitative estimate of drug-likeness (QED) is 0.807. The molecule has 3 rings (SSSR count). The third kappa shape index (κ3) is 2.77. The summed E-state index contributed by atoms with van der Waals surface area (Å²) in [5, 5.41) is 7.03. The van der Waals surface area contributed by atoms with Crippen LogP contribution in [0, 0.1) is 11.6 Å². The van der Waals surface area contributed by atoms with Gasteiger partial charge >= 0.3 is 0 Å². The Balaban J connectivity index is 2.03. The fourth-order valence-electron chi connectivity index (χ4n) is 3.21. The van der Waals surface area contributed by atoms with Crippen molar-refractivity contribution in [2.75, 3.05) is 5.73 Å². The second-order valence-corrected chi connectivity index (χ2v) is 5.71. The van der Waals surface area contributed by atoms with Crippen LogP contribution in [0.15, 0.2) is 18.2 Å². The molecule has 112 valence electrons. The first-order valence-electron chi connectivity index (χ1n) is 7.46. The Morgan fingerprint density at radius 2 is 1.81 bits per heavy atom. The summed E-state index contributed by atoms with van der Waals surface area (Å²) in [4.78, 5) is 0. The molecule has 0 bridgehead atoms. The predicted octanol–water partition coefficient (Wildman–Crippen LogP) is 4.37. The van der Waals surface area contributed by atoms with Gasteiger partial charge in [0, 0.05) is 28.8 Å². The van der Waals surface area contributed by atoms with Crippen molar-refractivity contribution in [3.05, 3.63) is 35.5 Å². The number of nitrogens with two attached hydrogens (primary N) is 1. The van der Waals surface area contributed by atoms with E-state index >= 15 is 0 Å². The lowest BCUT2D eigenvalue weighted by Crippen LogP contribution is -2.01. The van der Waals surface area contributed by atoms with Gasteiger partial charge in [0.15, 0.2) is 5.82 Å². The molecule has 1 fully saturated rings. The molecule has 1 aromatic heterocycles. The number of nitrogens with zero attached hydrogens (tertiary/aromatic N) is 1. The summed E-state index contributed by atoms with van der Waals surface area (Å²) in [5.41, 5.74) is 7.73. The van der Waals surface area contributed by atoms with Crippen LogP contribution in [0.1, 0.15) is 50.1 Å². The van der Waals surface area contributed by atoms with Crippen LogP contribution >= 0.6 is 0 Å². The van der Waals surface area contributed by atoms with Gasteiger partial charge in [0.2, 0.25) is 0 Å². The van der Waals surface area contributed by atoms with Crippen molar-refractivity contribution in [3.8, 4) is 11.1 Å². The van der Waals surface area contributed by atoms with Gasteiger partial charge in [-0.2, -0.15) is 5.10 Å². The molecule has 1 aliphatic rings. The summed E-state index contributed by atoms with van der Waals surface area (Å²) in [5.74, 6) is -0.594. The van der Waals surface area contributed by atoms with Crippen LogP contribution in [0.3, 0.4) is 0 Å². The molecule has 0 atom stereocenters. The van der Waals surface area contributed by atoms with Gasteiger partial charge in [-0.05, 0) is 25.0 Å². The minimum absolute atomic E-state index is 0.278. The predicted molar refractivity (Wildman–Crippen MR) is 78.8 cm³/mol. The molecule has 0 amide bonds. The van der Waals surface area contributed by atoms with Gasteiger partial charge in [0.05, 0.1) is 0 Å². The minimum atomic E-state index is -0.599. The van der Waals surface area contributed by atoms with Crippen molar-refractivity contribution < 1.29 is 8.78 Å². The van der Waals surface area contributed by atoms with Crippen LogP contribution in [-0.2, 0) is 0 Å². The molecule has 5 heteroatoms. The Morgan fingerprint density at radius 3 is 2.48 bits per heavy atom. The van der Waals surface area contributed by atoms with Crippen molar-refractivity contribution >= 4 is 5.82 Å². The fraction of sp³-hybridized carbons (Fsp3) is 0.438. The lowest BCUT2D eigenvalue weighted by Gasteiger charge is -2.15. The van der Waals surface area contributed by atoms with E-state index in [1.165, 1.54) is 25.0 Å². The largest absolute Gasteiger partial charge is 0.382 e. The van der Waals surface area contributed by atoms with Gasteiger partial charge in [-0.3, -0.25) is 5.10 Å². The van der Waals surface area contributed by atoms with E-state index in [1.807, 2.05) is 0 Å². The highest BCUT2D eigenvalue weighted by molar-refractivity contribution is 5.77. The van der Waals surface area contributed by atoms with E-state index in [0.717, 1.165) is 37.4 Å². The number of nitrogens with one attached hydrogen (secondary N) is 1. The highest BCUT2D eigenvalue weighted by Gasteiger charge is 2.24. The van der Waals surface area contributed by atoms with Crippen molar-refractivity contribution in [1.29, 1.82) is 0 Å². The summed E-state index contributed by atoms with van der Waals surface area (Å²) in [6.45, 7) is 0. The maximum Gasteiger partial charge on any atom is 0.153 e. The SMILES string of the molecule is Nc1n[nH]c(C2CCCCCC2)c1-c1ccc(F)cc1F. The van der Waals surface area contributed by atoms with Crippen molar-refractivity contribution in [1.82, 2.24) is 10.2 Å². The van der Waals surface area contributed by atoms with Crippen molar-refractivity contribution in [3.63, 3.8) is 0 Å². The normalized spacial score (nSPS) is 16.9. The highest BCUT2D eigenvalue weighted by atomic mass is 19.1. The number of H-pyrrole nitrogens is 1. The first-order valence-corrected chi connectivity index (χ1v) is 7.46. The summed E-state index contributed by atoms with van der Waals surface area (Å²) >= 11 is 0. The first kappa shape index (κ1) is 14.0. The third-order valence-electron chi connectivity index (χ3n) is 4.29. The fourth-order valence-corrected chi connectivity index (χ4v) is 3.21. The molecule has 0 saturated heterocycles. The van der Waals surface area contributed by atoms with E-state index < -0.39 is 11.6 Å². The van der Waals surface area contributed by atoms with Gasteiger partial charge < -0.3 is 5.73 Å². The highest BCUT2D eigenvalue weighted by Crippen LogP contribution is 2.39. The number of aromatic amines is 1. The van der Waals surface area contributed by atoms with Crippen molar-refractivity contribution in [2.45, 2.75) is 44.4 Å². The van der Waals surface area contributed by atoms with Gasteiger partial charge in [-0.25, -0.2) is 8.78 Å². The molecule has 0 radical (unpaired) electrons. The summed E-state index contributed by atoms with van der Waals surface area (Å²) in [6.07, 6.45) is 6.90. The number of benzene rings is 1. The van der Waals surface area contributed by atoms with Crippen LogP contribution in [0.2, 0.25) is 0 Å². The molecule has 2 aromatic rings. The number of halogens is 2. The molecule has 0 aliphatic heterocycles. The van der Waals surface area contributed by atoms with E-state index in [9.17, 15) is 8.78 Å². The minimum Gasteiger partial charge on any atom is -0.382 e. The van der Waals surface area contributed by atoms with Crippen molar-refractivity contribution in [2.24, 2.45) is 0 Å². The number of hydrogen-bond donors (Lipinski definition) is 2. The molecule has 0 unspecified atom stereocenters. The Morgan fingerprint density at radius 1 is 1.10 bits per heavy atom. The molecule has 21 heavy (non-hydrogen) atoms. The summed E-state index contributed by atoms with van der Waals surface area (Å²) in [7, 11) is 0. The van der Waals surface area contributed by atoms with E-state index in [1.54, 1.807) is 0 Å². The monoisotopic (exact) mass is 291 g/mol. The smallest absolute Gasteiger partial charge is 0.153 e. The topological polar surface area (TPSA) is 54.7 Å². The van der Waals surface area contributed by atoms with Gasteiger partial charge in [0.25, 0.3) is 0 Å². The maximum absolute atomic E-state index is 14.1. The maximum atomic E-state index is 14.1. The Labute approximate surface area is 122 Å². The van der Waals surface area contributed by atoms with Gasteiger partial charge in [-0.15, -0.1) is 0 Å². The van der Waals surface area contributed by atoms with E-state index in [-0.39, 0.29) is 5.82 Å². The Kier molecular flexibility index (Phi) is 3.90.